The summed E-state index contributed by atoms with van der Waals surface area (Å²) in [5, 5.41) is 0.699. The first-order chi connectivity index (χ1) is 17.5. The number of ether oxygens (including phenoxy) is 1. The van der Waals surface area contributed by atoms with Gasteiger partial charge in [-0.15, -0.1) is 11.3 Å². The number of carbonyl (C=O) groups is 2. The van der Waals surface area contributed by atoms with E-state index >= 15 is 0 Å². The van der Waals surface area contributed by atoms with Crippen molar-refractivity contribution < 1.29 is 18.7 Å². The van der Waals surface area contributed by atoms with Crippen molar-refractivity contribution in [2.24, 2.45) is 5.92 Å². The van der Waals surface area contributed by atoms with Gasteiger partial charge in [0.05, 0.1) is 49.1 Å². The fourth-order valence-electron chi connectivity index (χ4n) is 5.15. The van der Waals surface area contributed by atoms with E-state index in [1.165, 1.54) is 53.0 Å². The molecule has 1 aliphatic carbocycles. The third-order valence-electron chi connectivity index (χ3n) is 7.12. The summed E-state index contributed by atoms with van der Waals surface area (Å²) in [7, 11) is 0. The van der Waals surface area contributed by atoms with Gasteiger partial charge in [0.1, 0.15) is 15.7 Å². The molecular weight excluding hydrogens is 483 g/mol. The fourth-order valence-corrected chi connectivity index (χ4v) is 6.04. The fraction of sp³-hybridized carbons (Fsp3) is 0.500. The zero-order valence-electron chi connectivity index (χ0n) is 20.0. The van der Waals surface area contributed by atoms with E-state index in [1.807, 2.05) is 0 Å². The monoisotopic (exact) mass is 512 g/mol. The Labute approximate surface area is 212 Å². The van der Waals surface area contributed by atoms with Crippen molar-refractivity contribution in [1.82, 2.24) is 19.4 Å². The molecule has 0 spiro atoms. The van der Waals surface area contributed by atoms with Gasteiger partial charge >= 0.3 is 0 Å². The van der Waals surface area contributed by atoms with Gasteiger partial charge in [-0.1, -0.05) is 32.1 Å². The maximum atomic E-state index is 13.9. The highest BCUT2D eigenvalue weighted by atomic mass is 32.1. The zero-order chi connectivity index (χ0) is 25.1. The molecule has 1 unspecified atom stereocenters. The van der Waals surface area contributed by atoms with Gasteiger partial charge in [0, 0.05) is 13.1 Å². The second-order valence-corrected chi connectivity index (χ2v) is 10.7. The molecule has 1 amide bonds. The lowest BCUT2D eigenvalue weighted by Crippen LogP contribution is -2.40. The number of halogens is 1. The molecule has 8 nitrogen and oxygen atoms in total. The minimum Gasteiger partial charge on any atom is -0.378 e. The normalized spacial score (nSPS) is 17.9. The molecule has 1 saturated carbocycles. The number of benzene rings is 1. The van der Waals surface area contributed by atoms with Crippen LogP contribution in [0.1, 0.15) is 59.2 Å². The van der Waals surface area contributed by atoms with E-state index in [9.17, 15) is 18.8 Å². The predicted molar refractivity (Wildman–Crippen MR) is 134 cm³/mol. The van der Waals surface area contributed by atoms with Crippen LogP contribution >= 0.6 is 11.3 Å². The number of hydrogen-bond acceptors (Lipinski definition) is 7. The van der Waals surface area contributed by atoms with Gasteiger partial charge < -0.3 is 9.64 Å². The highest BCUT2D eigenvalue weighted by molar-refractivity contribution is 7.13. The quantitative estimate of drug-likeness (QED) is 0.478. The SMILES string of the molecule is O=C(Cc1ncc(C(=O)N2CCOCC2)s1)C(CC1CCCCC1)n1cnc2ccc(F)cc2c1=O. The summed E-state index contributed by atoms with van der Waals surface area (Å²) in [4.78, 5) is 50.6. The average molecular weight is 513 g/mol. The van der Waals surface area contributed by atoms with Crippen LogP contribution in [0.5, 0.6) is 0 Å². The van der Waals surface area contributed by atoms with E-state index in [1.54, 1.807) is 4.90 Å². The standard InChI is InChI=1S/C26H29FN4O4S/c27-18-6-7-20-19(13-18)25(33)31(16-29-20)21(12-17-4-2-1-3-5-17)22(32)14-24-28-15-23(36-24)26(34)30-8-10-35-11-9-30/h6-7,13,15-17,21H,1-5,8-12,14H2. The third-order valence-corrected chi connectivity index (χ3v) is 8.11. The molecule has 3 heterocycles. The van der Waals surface area contributed by atoms with Crippen molar-refractivity contribution in [3.8, 4) is 0 Å². The van der Waals surface area contributed by atoms with Gasteiger partial charge in [-0.05, 0) is 30.5 Å². The Morgan fingerprint density at radius 2 is 1.92 bits per heavy atom. The first-order valence-corrected chi connectivity index (χ1v) is 13.3. The Balaban J connectivity index is 1.40. The molecule has 1 aromatic carbocycles. The summed E-state index contributed by atoms with van der Waals surface area (Å²) < 4.78 is 20.6. The molecule has 1 atom stereocenters. The molecule has 3 aromatic rings. The van der Waals surface area contributed by atoms with Crippen LogP contribution in [0.4, 0.5) is 4.39 Å². The van der Waals surface area contributed by atoms with Crippen LogP contribution in [0.3, 0.4) is 0 Å². The number of thiazole rings is 1. The van der Waals surface area contributed by atoms with Crippen LogP contribution in [0.2, 0.25) is 0 Å². The van der Waals surface area contributed by atoms with Crippen molar-refractivity contribution in [1.29, 1.82) is 0 Å². The van der Waals surface area contributed by atoms with Crippen LogP contribution in [0.25, 0.3) is 10.9 Å². The lowest BCUT2D eigenvalue weighted by Gasteiger charge is -2.27. The Morgan fingerprint density at radius 3 is 2.69 bits per heavy atom. The Bertz CT molecular complexity index is 1310. The highest BCUT2D eigenvalue weighted by Crippen LogP contribution is 2.32. The first kappa shape index (κ1) is 24.7. The number of carbonyl (C=O) groups excluding carboxylic acids is 2. The molecule has 36 heavy (non-hydrogen) atoms. The van der Waals surface area contributed by atoms with E-state index in [0.29, 0.717) is 54.0 Å². The minimum atomic E-state index is -0.719. The van der Waals surface area contributed by atoms with Crippen molar-refractivity contribution >= 4 is 33.9 Å². The summed E-state index contributed by atoms with van der Waals surface area (Å²) in [5.41, 5.74) is -0.0244. The molecule has 2 aliphatic rings. The molecule has 2 fully saturated rings. The predicted octanol–water partition coefficient (Wildman–Crippen LogP) is 3.79. The number of nitrogens with zero attached hydrogens (tertiary/aromatic N) is 4. The number of amides is 1. The number of rotatable bonds is 7. The second-order valence-electron chi connectivity index (χ2n) is 9.54. The second kappa shape index (κ2) is 11.0. The molecule has 0 bridgehead atoms. The van der Waals surface area contributed by atoms with Gasteiger partial charge in [-0.3, -0.25) is 19.0 Å². The van der Waals surface area contributed by atoms with E-state index in [2.05, 4.69) is 9.97 Å². The van der Waals surface area contributed by atoms with E-state index in [0.717, 1.165) is 25.7 Å². The average Bonchev–Trinajstić information content (AvgIpc) is 3.37. The van der Waals surface area contributed by atoms with Gasteiger partial charge in [-0.2, -0.15) is 0 Å². The minimum absolute atomic E-state index is 0.0199. The number of hydrogen-bond donors (Lipinski definition) is 0. The maximum absolute atomic E-state index is 13.9. The lowest BCUT2D eigenvalue weighted by molar-refractivity contribution is -0.122. The van der Waals surface area contributed by atoms with Crippen molar-refractivity contribution in [2.45, 2.75) is 51.0 Å². The Hall–Kier alpha value is -2.98. The van der Waals surface area contributed by atoms with Gasteiger partial charge in [0.2, 0.25) is 0 Å². The first-order valence-electron chi connectivity index (χ1n) is 12.5. The molecule has 0 N–H and O–H groups in total. The summed E-state index contributed by atoms with van der Waals surface area (Å²) in [6.07, 6.45) is 8.93. The lowest BCUT2D eigenvalue weighted by atomic mass is 9.83. The van der Waals surface area contributed by atoms with Crippen LogP contribution in [0, 0.1) is 11.7 Å². The zero-order valence-corrected chi connectivity index (χ0v) is 20.8. The topological polar surface area (TPSA) is 94.4 Å². The van der Waals surface area contributed by atoms with Gasteiger partial charge in [0.25, 0.3) is 11.5 Å². The van der Waals surface area contributed by atoms with Crippen LogP contribution in [0.15, 0.2) is 35.5 Å². The number of aromatic nitrogens is 3. The Morgan fingerprint density at radius 1 is 1.14 bits per heavy atom. The molecule has 5 rings (SSSR count). The summed E-state index contributed by atoms with van der Waals surface area (Å²) in [6.45, 7) is 2.09. The molecule has 0 radical (unpaired) electrons. The Kier molecular flexibility index (Phi) is 7.52. The molecule has 1 saturated heterocycles. The molecular formula is C26H29FN4O4S. The molecule has 10 heteroatoms. The third kappa shape index (κ3) is 5.39. The van der Waals surface area contributed by atoms with Crippen molar-refractivity contribution in [3.05, 3.63) is 56.8 Å². The summed E-state index contributed by atoms with van der Waals surface area (Å²) in [5.74, 6) is -0.447. The number of fused-ring (bicyclic) bond motifs is 1. The maximum Gasteiger partial charge on any atom is 0.265 e. The number of morpholine rings is 1. The highest BCUT2D eigenvalue weighted by Gasteiger charge is 2.29. The largest absolute Gasteiger partial charge is 0.378 e. The summed E-state index contributed by atoms with van der Waals surface area (Å²) in [6, 6.07) is 3.19. The number of ketones is 1. The van der Waals surface area contributed by atoms with Crippen molar-refractivity contribution in [3.63, 3.8) is 0 Å². The van der Waals surface area contributed by atoms with E-state index < -0.39 is 17.4 Å². The van der Waals surface area contributed by atoms with Gasteiger partial charge in [0.15, 0.2) is 5.78 Å². The van der Waals surface area contributed by atoms with Crippen LogP contribution in [-0.2, 0) is 16.0 Å². The van der Waals surface area contributed by atoms with Crippen LogP contribution in [-0.4, -0.2) is 57.4 Å². The van der Waals surface area contributed by atoms with Crippen LogP contribution < -0.4 is 5.56 Å². The molecule has 1 aliphatic heterocycles. The smallest absolute Gasteiger partial charge is 0.265 e. The van der Waals surface area contributed by atoms with E-state index in [4.69, 9.17) is 4.74 Å². The summed E-state index contributed by atoms with van der Waals surface area (Å²) >= 11 is 1.21. The molecule has 190 valence electrons. The van der Waals surface area contributed by atoms with Gasteiger partial charge in [-0.25, -0.2) is 14.4 Å². The van der Waals surface area contributed by atoms with E-state index in [-0.39, 0.29) is 23.5 Å². The molecule has 2 aromatic heterocycles. The number of Topliss-reactive ketones (excluding diaryl/α,β-unsaturated/α-hetero) is 1. The van der Waals surface area contributed by atoms with Crippen molar-refractivity contribution in [2.75, 3.05) is 26.3 Å².